The first-order chi connectivity index (χ1) is 23.7. The van der Waals surface area contributed by atoms with Crippen LogP contribution in [0.4, 0.5) is 4.79 Å². The average Bonchev–Trinajstić information content (AvgIpc) is 2.93. The van der Waals surface area contributed by atoms with Crippen molar-refractivity contribution in [2.45, 2.75) is 175 Å². The van der Waals surface area contributed by atoms with Crippen molar-refractivity contribution in [1.82, 2.24) is 0 Å². The van der Waals surface area contributed by atoms with Crippen LogP contribution in [0.15, 0.2) is 0 Å². The van der Waals surface area contributed by atoms with Gasteiger partial charge in [0, 0.05) is 0 Å². The number of carbonyl (C=O) groups excluding carboxylic acids is 6. The van der Waals surface area contributed by atoms with E-state index >= 15 is 0 Å². The van der Waals surface area contributed by atoms with E-state index in [0.29, 0.717) is 24.6 Å². The van der Waals surface area contributed by atoms with Gasteiger partial charge in [0.1, 0.15) is 42.4 Å². The van der Waals surface area contributed by atoms with Crippen molar-refractivity contribution < 1.29 is 57.2 Å². The van der Waals surface area contributed by atoms with Crippen molar-refractivity contribution in [1.29, 1.82) is 0 Å². The summed E-state index contributed by atoms with van der Waals surface area (Å²) in [6.45, 7) is 34.4. The zero-order chi connectivity index (χ0) is 43.1. The molecule has 0 aliphatic rings. The molecule has 0 fully saturated rings. The Balaban J connectivity index is 5.98. The first-order valence-corrected chi connectivity index (χ1v) is 19.6. The average molecular weight is 789 g/mol. The van der Waals surface area contributed by atoms with E-state index in [2.05, 4.69) is 0 Å². The summed E-state index contributed by atoms with van der Waals surface area (Å²) in [4.78, 5) is 78.9. The molecule has 0 saturated carbocycles. The fourth-order valence-electron chi connectivity index (χ4n) is 4.70. The number of hydrogen-bond acceptors (Lipinski definition) is 13. The van der Waals surface area contributed by atoms with Gasteiger partial charge in [0.15, 0.2) is 0 Å². The van der Waals surface area contributed by atoms with E-state index in [-0.39, 0.29) is 29.8 Å². The third-order valence-electron chi connectivity index (χ3n) is 9.31. The van der Waals surface area contributed by atoms with Gasteiger partial charge in [-0.25, -0.2) is 4.79 Å². The second-order valence-corrected chi connectivity index (χ2v) is 21.5. The van der Waals surface area contributed by atoms with Gasteiger partial charge in [-0.05, 0) is 132 Å². The quantitative estimate of drug-likeness (QED) is 0.108. The summed E-state index contributed by atoms with van der Waals surface area (Å²) in [5, 5.41) is -0.721. The maximum atomic E-state index is 13.9. The maximum absolute atomic E-state index is 13.9. The van der Waals surface area contributed by atoms with E-state index in [1.165, 1.54) is 0 Å². The Morgan fingerprint density at radius 1 is 0.444 bits per heavy atom. The zero-order valence-corrected chi connectivity index (χ0v) is 37.8. The molecule has 0 aliphatic carbocycles. The Morgan fingerprint density at radius 3 is 1.13 bits per heavy atom. The third kappa shape index (κ3) is 16.9. The highest BCUT2D eigenvalue weighted by Crippen LogP contribution is 2.43. The van der Waals surface area contributed by atoms with Crippen molar-refractivity contribution in [2.75, 3.05) is 19.0 Å². The second kappa shape index (κ2) is 18.4. The lowest BCUT2D eigenvalue weighted by Crippen LogP contribution is -2.50. The zero-order valence-electron chi connectivity index (χ0n) is 37.0. The van der Waals surface area contributed by atoms with Gasteiger partial charge in [-0.15, -0.1) is 0 Å². The lowest BCUT2D eigenvalue weighted by Gasteiger charge is -2.40. The highest BCUT2D eigenvalue weighted by molar-refractivity contribution is 8.13. The maximum Gasteiger partial charge on any atom is 0.367 e. The molecule has 2 atom stereocenters. The minimum absolute atomic E-state index is 0.236. The monoisotopic (exact) mass is 788 g/mol. The molecular formula is C41H72O12S. The van der Waals surface area contributed by atoms with Gasteiger partial charge in [0.25, 0.3) is 0 Å². The second-order valence-electron chi connectivity index (χ2n) is 20.6. The van der Waals surface area contributed by atoms with Gasteiger partial charge in [0.05, 0.1) is 21.7 Å². The summed E-state index contributed by atoms with van der Waals surface area (Å²) in [7, 11) is 0. The molecule has 0 aromatic rings. The lowest BCUT2D eigenvalue weighted by molar-refractivity contribution is -0.190. The molecule has 0 radical (unpaired) electrons. The molecule has 0 aromatic heterocycles. The van der Waals surface area contributed by atoms with Crippen LogP contribution in [0.25, 0.3) is 0 Å². The summed E-state index contributed by atoms with van der Waals surface area (Å²) in [5.41, 5.74) is -7.53. The standard InChI is InChI=1S/C41H72O12S/c1-34(2,3)21-26(23-48-29(43)38(13,14)41(19,20)32(46)53-37(10,11)12)50-30(44)39(15,16)40(17,18)31(45)51-27(22-35(4,5)6)24-49-33(47)54-25-28(42)52-36(7,8)9/h26-27H,21-25H2,1-20H3. The number of rotatable bonds is 16. The molecule has 0 aromatic carbocycles. The van der Waals surface area contributed by atoms with E-state index < -0.39 is 80.2 Å². The van der Waals surface area contributed by atoms with Crippen molar-refractivity contribution in [3.63, 3.8) is 0 Å². The summed E-state index contributed by atoms with van der Waals surface area (Å²) < 4.78 is 33.9. The predicted octanol–water partition coefficient (Wildman–Crippen LogP) is 8.88. The molecule has 0 amide bonds. The molecule has 13 heteroatoms. The highest BCUT2D eigenvalue weighted by atomic mass is 32.2. The number of esters is 5. The smallest absolute Gasteiger partial charge is 0.367 e. The molecule has 54 heavy (non-hydrogen) atoms. The highest BCUT2D eigenvalue weighted by Gasteiger charge is 2.53. The predicted molar refractivity (Wildman–Crippen MR) is 209 cm³/mol. The van der Waals surface area contributed by atoms with Crippen LogP contribution in [0, 0.1) is 32.5 Å². The van der Waals surface area contributed by atoms with Crippen LogP contribution in [0.2, 0.25) is 0 Å². The Kier molecular flexibility index (Phi) is 17.4. The van der Waals surface area contributed by atoms with Crippen LogP contribution in [0.1, 0.15) is 151 Å². The summed E-state index contributed by atoms with van der Waals surface area (Å²) in [6.07, 6.45) is -1.06. The number of ether oxygens (including phenoxy) is 6. The van der Waals surface area contributed by atoms with Crippen LogP contribution in [-0.2, 0) is 52.4 Å². The number of hydrogen-bond donors (Lipinski definition) is 0. The number of carbonyl (C=O) groups is 6. The summed E-state index contributed by atoms with van der Waals surface area (Å²) in [5.74, 6) is -3.43. The molecule has 0 saturated heterocycles. The van der Waals surface area contributed by atoms with E-state index in [1.54, 1.807) is 96.9 Å². The van der Waals surface area contributed by atoms with Gasteiger partial charge in [-0.2, -0.15) is 0 Å². The van der Waals surface area contributed by atoms with E-state index in [9.17, 15) is 28.8 Å². The molecular weight excluding hydrogens is 717 g/mol. The molecule has 0 N–H and O–H groups in total. The fraction of sp³-hybridized carbons (Fsp3) is 0.854. The molecule has 12 nitrogen and oxygen atoms in total. The van der Waals surface area contributed by atoms with Gasteiger partial charge < -0.3 is 28.4 Å². The molecule has 0 bridgehead atoms. The van der Waals surface area contributed by atoms with Crippen molar-refractivity contribution in [3.05, 3.63) is 0 Å². The Hall–Kier alpha value is -2.83. The SMILES string of the molecule is CC(C)(C)CC(COC(=O)SCC(=O)OC(C)(C)C)OC(=O)C(C)(C)C(C)(C)C(=O)OC(COC(=O)C(C)(C)C(C)(C)C(=O)OC(C)(C)C)CC(C)(C)C. The Bertz CT molecular complexity index is 1330. The molecule has 0 aliphatic heterocycles. The van der Waals surface area contributed by atoms with Crippen molar-refractivity contribution in [3.8, 4) is 0 Å². The lowest BCUT2D eigenvalue weighted by atomic mass is 9.67. The van der Waals surface area contributed by atoms with Gasteiger partial charge in [-0.1, -0.05) is 41.5 Å². The Labute approximate surface area is 329 Å². The van der Waals surface area contributed by atoms with Crippen LogP contribution in [-0.4, -0.2) is 77.5 Å². The van der Waals surface area contributed by atoms with Crippen molar-refractivity contribution in [2.24, 2.45) is 32.5 Å². The molecule has 0 heterocycles. The Morgan fingerprint density at radius 2 is 0.778 bits per heavy atom. The number of thioether (sulfide) groups is 1. The van der Waals surface area contributed by atoms with Gasteiger partial charge in [-0.3, -0.25) is 24.0 Å². The minimum Gasteiger partial charge on any atom is -0.461 e. The first-order valence-electron chi connectivity index (χ1n) is 18.6. The van der Waals surface area contributed by atoms with E-state index in [0.717, 1.165) is 0 Å². The van der Waals surface area contributed by atoms with E-state index in [1.807, 2.05) is 41.5 Å². The normalized spacial score (nSPS) is 14.7. The van der Waals surface area contributed by atoms with Crippen LogP contribution < -0.4 is 0 Å². The molecule has 314 valence electrons. The third-order valence-corrected chi connectivity index (χ3v) is 10.0. The molecule has 0 rings (SSSR count). The van der Waals surface area contributed by atoms with Crippen molar-refractivity contribution >= 4 is 46.9 Å². The van der Waals surface area contributed by atoms with Gasteiger partial charge >= 0.3 is 35.1 Å². The molecule has 2 unspecified atom stereocenters. The summed E-state index contributed by atoms with van der Waals surface area (Å²) >= 11 is 0.649. The fourth-order valence-corrected chi connectivity index (χ4v) is 5.15. The van der Waals surface area contributed by atoms with Crippen LogP contribution >= 0.6 is 11.8 Å². The van der Waals surface area contributed by atoms with Crippen LogP contribution in [0.3, 0.4) is 0 Å². The van der Waals surface area contributed by atoms with Gasteiger partial charge in [0.2, 0.25) is 0 Å². The first kappa shape index (κ1) is 51.2. The summed E-state index contributed by atoms with van der Waals surface area (Å²) in [6, 6.07) is 0. The van der Waals surface area contributed by atoms with E-state index in [4.69, 9.17) is 28.4 Å². The molecule has 0 spiro atoms. The minimum atomic E-state index is -1.44. The van der Waals surface area contributed by atoms with Crippen LogP contribution in [0.5, 0.6) is 0 Å². The largest absolute Gasteiger partial charge is 0.461 e. The topological polar surface area (TPSA) is 158 Å².